The minimum atomic E-state index is -3.77. The molecule has 0 aliphatic rings. The van der Waals surface area contributed by atoms with Gasteiger partial charge in [0.2, 0.25) is 0 Å². The molecule has 0 aromatic heterocycles. The zero-order chi connectivity index (χ0) is 16.5. The Labute approximate surface area is 131 Å². The van der Waals surface area contributed by atoms with Crippen molar-refractivity contribution in [3.8, 4) is 0 Å². The summed E-state index contributed by atoms with van der Waals surface area (Å²) in [6.45, 7) is 3.60. The van der Waals surface area contributed by atoms with E-state index in [1.54, 1.807) is 19.1 Å². The molecule has 2 aromatic rings. The average Bonchev–Trinajstić information content (AvgIpc) is 2.36. The average molecular weight is 339 g/mol. The van der Waals surface area contributed by atoms with Crippen molar-refractivity contribution in [3.63, 3.8) is 0 Å². The van der Waals surface area contributed by atoms with Gasteiger partial charge in [-0.15, -0.1) is 0 Å². The zero-order valence-electron chi connectivity index (χ0n) is 12.5. The summed E-state index contributed by atoms with van der Waals surface area (Å²) in [6.07, 6.45) is 1.07. The highest BCUT2D eigenvalue weighted by Crippen LogP contribution is 2.22. The molecule has 0 aliphatic heterocycles. The smallest absolute Gasteiger partial charge is 0.262 e. The summed E-state index contributed by atoms with van der Waals surface area (Å²) >= 11 is 0. The summed E-state index contributed by atoms with van der Waals surface area (Å²) in [5.74, 6) is 0. The number of anilines is 1. The Morgan fingerprint density at radius 2 is 1.59 bits per heavy atom. The Hall–Kier alpha value is -1.86. The van der Waals surface area contributed by atoms with E-state index < -0.39 is 19.9 Å². The highest BCUT2D eigenvalue weighted by Gasteiger charge is 2.17. The van der Waals surface area contributed by atoms with Crippen LogP contribution in [0.2, 0.25) is 0 Å². The lowest BCUT2D eigenvalue weighted by molar-refractivity contribution is 0.598. The Kier molecular flexibility index (Phi) is 4.30. The fraction of sp³-hybridized carbons (Fsp3) is 0.200. The molecule has 0 amide bonds. The van der Waals surface area contributed by atoms with Crippen molar-refractivity contribution in [1.82, 2.24) is 0 Å². The number of nitrogens with one attached hydrogen (secondary N) is 1. The molecule has 1 N–H and O–H groups in total. The summed E-state index contributed by atoms with van der Waals surface area (Å²) in [7, 11) is -7.16. The van der Waals surface area contributed by atoms with Crippen LogP contribution in [-0.4, -0.2) is 23.1 Å². The van der Waals surface area contributed by atoms with Crippen LogP contribution >= 0.6 is 0 Å². The Morgan fingerprint density at radius 3 is 2.18 bits per heavy atom. The van der Waals surface area contributed by atoms with Crippen molar-refractivity contribution in [2.75, 3.05) is 11.0 Å². The molecule has 118 valence electrons. The van der Waals surface area contributed by atoms with E-state index >= 15 is 0 Å². The lowest BCUT2D eigenvalue weighted by atomic mass is 10.2. The van der Waals surface area contributed by atoms with Gasteiger partial charge in [0, 0.05) is 6.26 Å². The van der Waals surface area contributed by atoms with E-state index in [2.05, 4.69) is 4.72 Å². The molecule has 0 unspecified atom stereocenters. The number of hydrogen-bond donors (Lipinski definition) is 1. The fourth-order valence-electron chi connectivity index (χ4n) is 2.10. The standard InChI is InChI=1S/C15H17NO4S2/c1-11-7-8-15(12(2)9-11)22(19,20)16-13-5-4-6-14(10-13)21(3,17)18/h4-10,16H,1-3H3. The molecule has 2 aromatic carbocycles. The number of rotatable bonds is 4. The van der Waals surface area contributed by atoms with E-state index in [0.717, 1.165) is 11.8 Å². The quantitative estimate of drug-likeness (QED) is 0.928. The van der Waals surface area contributed by atoms with Crippen molar-refractivity contribution in [3.05, 3.63) is 53.6 Å². The van der Waals surface area contributed by atoms with Gasteiger partial charge in [0.1, 0.15) is 0 Å². The van der Waals surface area contributed by atoms with Gasteiger partial charge in [0.05, 0.1) is 15.5 Å². The van der Waals surface area contributed by atoms with Crippen LogP contribution in [0.3, 0.4) is 0 Å². The maximum Gasteiger partial charge on any atom is 0.262 e. The largest absolute Gasteiger partial charge is 0.280 e. The Bertz CT molecular complexity index is 916. The van der Waals surface area contributed by atoms with E-state index in [9.17, 15) is 16.8 Å². The second-order valence-corrected chi connectivity index (χ2v) is 8.84. The number of benzene rings is 2. The summed E-state index contributed by atoms with van der Waals surface area (Å²) in [4.78, 5) is 0.233. The van der Waals surface area contributed by atoms with Crippen LogP contribution in [0.5, 0.6) is 0 Å². The molecule has 0 saturated heterocycles. The first kappa shape index (κ1) is 16.5. The second-order valence-electron chi connectivity index (χ2n) is 5.17. The third-order valence-electron chi connectivity index (χ3n) is 3.13. The predicted octanol–water partition coefficient (Wildman–Crippen LogP) is 2.51. The Morgan fingerprint density at radius 1 is 0.909 bits per heavy atom. The predicted molar refractivity (Wildman–Crippen MR) is 86.3 cm³/mol. The zero-order valence-corrected chi connectivity index (χ0v) is 14.1. The molecule has 0 spiro atoms. The summed E-state index contributed by atoms with van der Waals surface area (Å²) in [5, 5.41) is 0. The van der Waals surface area contributed by atoms with Gasteiger partial charge in [-0.1, -0.05) is 23.8 Å². The number of sulfonamides is 1. The number of aryl methyl sites for hydroxylation is 2. The lowest BCUT2D eigenvalue weighted by Gasteiger charge is -2.11. The molecular formula is C15H17NO4S2. The topological polar surface area (TPSA) is 80.3 Å². The van der Waals surface area contributed by atoms with Crippen LogP contribution in [-0.2, 0) is 19.9 Å². The van der Waals surface area contributed by atoms with E-state index in [0.29, 0.717) is 5.56 Å². The maximum absolute atomic E-state index is 12.4. The van der Waals surface area contributed by atoms with Crippen LogP contribution in [0.4, 0.5) is 5.69 Å². The first-order chi connectivity index (χ1) is 10.1. The van der Waals surface area contributed by atoms with Crippen molar-refractivity contribution in [2.45, 2.75) is 23.6 Å². The van der Waals surface area contributed by atoms with Gasteiger partial charge in [0.25, 0.3) is 10.0 Å². The lowest BCUT2D eigenvalue weighted by Crippen LogP contribution is -2.14. The third kappa shape index (κ3) is 3.66. The molecule has 0 radical (unpaired) electrons. The van der Waals surface area contributed by atoms with Crippen LogP contribution in [0.1, 0.15) is 11.1 Å². The third-order valence-corrected chi connectivity index (χ3v) is 5.79. The van der Waals surface area contributed by atoms with Crippen LogP contribution in [0.15, 0.2) is 52.3 Å². The van der Waals surface area contributed by atoms with Crippen molar-refractivity contribution < 1.29 is 16.8 Å². The molecular weight excluding hydrogens is 322 g/mol. The van der Waals surface area contributed by atoms with E-state index in [1.807, 2.05) is 6.92 Å². The summed E-state index contributed by atoms with van der Waals surface area (Å²) in [6, 6.07) is 10.8. The van der Waals surface area contributed by atoms with Crippen molar-refractivity contribution in [1.29, 1.82) is 0 Å². The van der Waals surface area contributed by atoms with E-state index in [4.69, 9.17) is 0 Å². The van der Waals surface area contributed by atoms with E-state index in [-0.39, 0.29) is 15.5 Å². The molecule has 0 atom stereocenters. The fourth-order valence-corrected chi connectivity index (χ4v) is 4.05. The van der Waals surface area contributed by atoms with Crippen molar-refractivity contribution >= 4 is 25.5 Å². The first-order valence-electron chi connectivity index (χ1n) is 6.50. The molecule has 0 aliphatic carbocycles. The van der Waals surface area contributed by atoms with Gasteiger partial charge in [-0.05, 0) is 43.7 Å². The highest BCUT2D eigenvalue weighted by atomic mass is 32.2. The summed E-state index contributed by atoms with van der Waals surface area (Å²) in [5.41, 5.74) is 1.81. The summed E-state index contributed by atoms with van der Waals surface area (Å²) < 4.78 is 50.4. The molecule has 5 nitrogen and oxygen atoms in total. The number of sulfone groups is 1. The van der Waals surface area contributed by atoms with Gasteiger partial charge in [-0.25, -0.2) is 16.8 Å². The minimum absolute atomic E-state index is 0.0633. The molecule has 0 heterocycles. The molecule has 22 heavy (non-hydrogen) atoms. The number of hydrogen-bond acceptors (Lipinski definition) is 4. The normalized spacial score (nSPS) is 12.1. The van der Waals surface area contributed by atoms with E-state index in [1.165, 1.54) is 30.3 Å². The molecule has 0 bridgehead atoms. The van der Waals surface area contributed by atoms with Crippen LogP contribution in [0, 0.1) is 13.8 Å². The SMILES string of the molecule is Cc1ccc(S(=O)(=O)Nc2cccc(S(C)(=O)=O)c2)c(C)c1. The van der Waals surface area contributed by atoms with Gasteiger partial charge in [0.15, 0.2) is 9.84 Å². The van der Waals surface area contributed by atoms with Crippen LogP contribution in [0.25, 0.3) is 0 Å². The van der Waals surface area contributed by atoms with Gasteiger partial charge in [-0.3, -0.25) is 4.72 Å². The molecule has 0 saturated carbocycles. The van der Waals surface area contributed by atoms with Gasteiger partial charge >= 0.3 is 0 Å². The first-order valence-corrected chi connectivity index (χ1v) is 9.87. The molecule has 2 rings (SSSR count). The van der Waals surface area contributed by atoms with Gasteiger partial charge < -0.3 is 0 Å². The highest BCUT2D eigenvalue weighted by molar-refractivity contribution is 7.92. The monoisotopic (exact) mass is 339 g/mol. The molecule has 7 heteroatoms. The van der Waals surface area contributed by atoms with Crippen LogP contribution < -0.4 is 4.72 Å². The second kappa shape index (κ2) is 5.73. The minimum Gasteiger partial charge on any atom is -0.280 e. The van der Waals surface area contributed by atoms with Crippen molar-refractivity contribution in [2.24, 2.45) is 0 Å². The Balaban J connectivity index is 2.41. The maximum atomic E-state index is 12.4. The molecule has 0 fully saturated rings. The van der Waals surface area contributed by atoms with Gasteiger partial charge in [-0.2, -0.15) is 0 Å².